The second-order valence-electron chi connectivity index (χ2n) is 2.72. The van der Waals surface area contributed by atoms with Crippen molar-refractivity contribution in [1.82, 2.24) is 0 Å². The highest BCUT2D eigenvalue weighted by molar-refractivity contribution is 8.28. The van der Waals surface area contributed by atoms with Gasteiger partial charge in [0, 0.05) is 46.5 Å². The summed E-state index contributed by atoms with van der Waals surface area (Å²) in [5.74, 6) is 6.28. The zero-order valence-electron chi connectivity index (χ0n) is 9.80. The van der Waals surface area contributed by atoms with Gasteiger partial charge in [0.2, 0.25) is 0 Å². The zero-order chi connectivity index (χ0) is 13.6. The van der Waals surface area contributed by atoms with E-state index in [-0.39, 0.29) is 0 Å². The molecule has 0 fully saturated rings. The lowest BCUT2D eigenvalue weighted by atomic mass is 11.0. The largest absolute Gasteiger partial charge is 0.126 e. The molecule has 0 spiro atoms. The Morgan fingerprint density at radius 2 is 0.722 bits per heavy atom. The Hall–Kier alpha value is 2.30. The van der Waals surface area contributed by atoms with Gasteiger partial charge in [0.15, 0.2) is 0 Å². The minimum absolute atomic E-state index is 0.656. The van der Waals surface area contributed by atoms with Gasteiger partial charge in [0.1, 0.15) is 0 Å². The van der Waals surface area contributed by atoms with Crippen LogP contribution in [0.15, 0.2) is 8.47 Å². The smallest absolute Gasteiger partial charge is 0.0603 e. The molecule has 0 aromatic heterocycles. The molecule has 0 aromatic carbocycles. The van der Waals surface area contributed by atoms with E-state index in [9.17, 15) is 0 Å². The van der Waals surface area contributed by atoms with Gasteiger partial charge in [-0.2, -0.15) is 0 Å². The van der Waals surface area contributed by atoms with E-state index in [0.717, 1.165) is 23.0 Å². The van der Waals surface area contributed by atoms with Crippen molar-refractivity contribution < 1.29 is 0 Å². The quantitative estimate of drug-likeness (QED) is 0.365. The molecule has 0 radical (unpaired) electrons. The molecular weight excluding hydrogens is 390 g/mol. The molecule has 0 saturated heterocycles. The molecule has 18 heavy (non-hydrogen) atoms. The fourth-order valence-electron chi connectivity index (χ4n) is 0.844. The van der Waals surface area contributed by atoms with Gasteiger partial charge >= 0.3 is 0 Å². The summed E-state index contributed by atoms with van der Waals surface area (Å²) in [6, 6.07) is 0. The van der Waals surface area contributed by atoms with Crippen molar-refractivity contribution in [2.45, 2.75) is 0 Å². The number of rotatable bonds is 12. The Kier molecular flexibility index (Phi) is 17.7. The molecule has 0 saturated carbocycles. The molecule has 0 nitrogen and oxygen atoms in total. The van der Waals surface area contributed by atoms with Crippen LogP contribution in [0.4, 0.5) is 0 Å². The fraction of sp³-hybridized carbons (Fsp3) is 0.800. The van der Waals surface area contributed by atoms with Crippen LogP contribution in [-0.2, 0) is 0 Å². The van der Waals surface area contributed by atoms with E-state index in [1.54, 1.807) is 47.0 Å². The van der Waals surface area contributed by atoms with Gasteiger partial charge < -0.3 is 0 Å². The molecule has 0 rings (SSSR count). The lowest BCUT2D eigenvalue weighted by molar-refractivity contribution is 1.53. The van der Waals surface area contributed by atoms with Gasteiger partial charge in [0.25, 0.3) is 0 Å². The summed E-state index contributed by atoms with van der Waals surface area (Å²) >= 11 is 30.2. The van der Waals surface area contributed by atoms with Crippen LogP contribution in [0.2, 0.25) is 0 Å². The number of hydrogen-bond acceptors (Lipinski definition) is 4. The highest BCUT2D eigenvalue weighted by Crippen LogP contribution is 2.42. The highest BCUT2D eigenvalue weighted by atomic mass is 35.5. The number of thioether (sulfide) groups is 4. The maximum Gasteiger partial charge on any atom is 0.0603 e. The summed E-state index contributed by atoms with van der Waals surface area (Å²) in [7, 11) is 0. The normalized spacial score (nSPS) is 10.7. The predicted molar refractivity (Wildman–Crippen MR) is 99.7 cm³/mol. The molecule has 0 amide bonds. The molecular formula is C10H16Cl4S4. The first-order valence-corrected chi connectivity index (χ1v) is 11.4. The van der Waals surface area contributed by atoms with E-state index in [2.05, 4.69) is 0 Å². The van der Waals surface area contributed by atoms with Crippen molar-refractivity contribution in [1.29, 1.82) is 0 Å². The standard InChI is InChI=1S/C10H16Cl4S4/c11-1-5-15-9(16-6-2-12)10(17-7-3-13)18-8-4-14/h1-8H2. The third-order valence-corrected chi connectivity index (χ3v) is 8.49. The molecule has 0 aromatic rings. The van der Waals surface area contributed by atoms with Gasteiger partial charge in [0.05, 0.1) is 8.47 Å². The predicted octanol–water partition coefficient (Wildman–Crippen LogP) is 6.00. The van der Waals surface area contributed by atoms with Crippen molar-refractivity contribution >= 4 is 93.5 Å². The van der Waals surface area contributed by atoms with Crippen LogP contribution in [0.1, 0.15) is 0 Å². The third-order valence-electron chi connectivity index (χ3n) is 1.41. The first kappa shape index (κ1) is 20.3. The average Bonchev–Trinajstić information content (AvgIpc) is 2.40. The van der Waals surface area contributed by atoms with Gasteiger partial charge in [-0.15, -0.1) is 93.5 Å². The van der Waals surface area contributed by atoms with Crippen LogP contribution < -0.4 is 0 Å². The maximum absolute atomic E-state index is 5.76. The maximum atomic E-state index is 5.76. The Morgan fingerprint density at radius 3 is 0.889 bits per heavy atom. The molecule has 0 aliphatic carbocycles. The van der Waals surface area contributed by atoms with Gasteiger partial charge in [-0.3, -0.25) is 0 Å². The second-order valence-corrected chi connectivity index (χ2v) is 9.17. The Labute approximate surface area is 147 Å². The molecule has 0 N–H and O–H groups in total. The van der Waals surface area contributed by atoms with E-state index in [1.165, 1.54) is 8.47 Å². The first-order chi connectivity index (χ1) is 8.79. The number of alkyl halides is 4. The average molecular weight is 406 g/mol. The number of hydrogen-bond donors (Lipinski definition) is 0. The van der Waals surface area contributed by atoms with Gasteiger partial charge in [-0.25, -0.2) is 0 Å². The molecule has 0 atom stereocenters. The van der Waals surface area contributed by atoms with E-state index >= 15 is 0 Å². The Morgan fingerprint density at radius 1 is 0.500 bits per heavy atom. The zero-order valence-corrected chi connectivity index (χ0v) is 16.1. The Balaban J connectivity index is 4.59. The second kappa shape index (κ2) is 15.7. The summed E-state index contributed by atoms with van der Waals surface area (Å²) in [4.78, 5) is 0. The molecule has 108 valence electrons. The summed E-state index contributed by atoms with van der Waals surface area (Å²) < 4.78 is 2.61. The van der Waals surface area contributed by atoms with Crippen molar-refractivity contribution in [2.75, 3.05) is 46.5 Å². The monoisotopic (exact) mass is 404 g/mol. The van der Waals surface area contributed by atoms with Crippen molar-refractivity contribution in [3.8, 4) is 0 Å². The summed E-state index contributed by atoms with van der Waals surface area (Å²) in [6.45, 7) is 0. The SMILES string of the molecule is ClCCSC(SCCCl)=C(SCCCl)SCCCl. The van der Waals surface area contributed by atoms with Crippen LogP contribution in [0.3, 0.4) is 0 Å². The van der Waals surface area contributed by atoms with Crippen LogP contribution in [-0.4, -0.2) is 46.5 Å². The van der Waals surface area contributed by atoms with Crippen LogP contribution >= 0.6 is 93.5 Å². The third kappa shape index (κ3) is 11.0. The fourth-order valence-corrected chi connectivity index (χ4v) is 6.37. The topological polar surface area (TPSA) is 0 Å². The van der Waals surface area contributed by atoms with E-state index in [1.807, 2.05) is 0 Å². The van der Waals surface area contributed by atoms with Gasteiger partial charge in [-0.1, -0.05) is 0 Å². The van der Waals surface area contributed by atoms with Crippen LogP contribution in [0, 0.1) is 0 Å². The molecule has 0 unspecified atom stereocenters. The molecule has 8 heteroatoms. The van der Waals surface area contributed by atoms with E-state index < -0.39 is 0 Å². The molecule has 0 aliphatic heterocycles. The summed E-state index contributed by atoms with van der Waals surface area (Å²) in [5, 5.41) is 0. The lowest BCUT2D eigenvalue weighted by Gasteiger charge is -2.12. The van der Waals surface area contributed by atoms with Gasteiger partial charge in [-0.05, 0) is 0 Å². The minimum Gasteiger partial charge on any atom is -0.126 e. The lowest BCUT2D eigenvalue weighted by Crippen LogP contribution is -1.90. The summed E-state index contributed by atoms with van der Waals surface area (Å²) in [6.07, 6.45) is 0. The minimum atomic E-state index is 0.656. The van der Waals surface area contributed by atoms with Crippen LogP contribution in [0.5, 0.6) is 0 Å². The summed E-state index contributed by atoms with van der Waals surface area (Å²) in [5.41, 5.74) is 0. The number of halogens is 4. The van der Waals surface area contributed by atoms with Crippen LogP contribution in [0.25, 0.3) is 0 Å². The molecule has 0 heterocycles. The molecule has 0 bridgehead atoms. The van der Waals surface area contributed by atoms with Crippen molar-refractivity contribution in [2.24, 2.45) is 0 Å². The van der Waals surface area contributed by atoms with Crippen molar-refractivity contribution in [3.05, 3.63) is 8.47 Å². The Bertz CT molecular complexity index is 184. The first-order valence-electron chi connectivity index (χ1n) is 5.29. The highest BCUT2D eigenvalue weighted by Gasteiger charge is 2.10. The van der Waals surface area contributed by atoms with Crippen molar-refractivity contribution in [3.63, 3.8) is 0 Å². The van der Waals surface area contributed by atoms with E-state index in [4.69, 9.17) is 46.4 Å². The van der Waals surface area contributed by atoms with E-state index in [0.29, 0.717) is 23.5 Å². The molecule has 0 aliphatic rings.